The highest BCUT2D eigenvalue weighted by Gasteiger charge is 2.18. The first-order valence-corrected chi connectivity index (χ1v) is 9.77. The van der Waals surface area contributed by atoms with Crippen LogP contribution in [0.25, 0.3) is 22.3 Å². The molecule has 1 N–H and O–H groups in total. The number of amides is 1. The van der Waals surface area contributed by atoms with Gasteiger partial charge in [0.1, 0.15) is 5.76 Å². The minimum Gasteiger partial charge on any atom is -0.455 e. The summed E-state index contributed by atoms with van der Waals surface area (Å²) in [6.07, 6.45) is 2.45. The number of hydrogen-bond acceptors (Lipinski definition) is 4. The molecule has 0 aliphatic carbocycles. The van der Waals surface area contributed by atoms with Gasteiger partial charge in [-0.2, -0.15) is 0 Å². The van der Waals surface area contributed by atoms with E-state index in [1.807, 2.05) is 30.3 Å². The molecule has 0 atom stereocenters. The molecule has 1 aliphatic rings. The third-order valence-corrected chi connectivity index (χ3v) is 5.34. The van der Waals surface area contributed by atoms with Gasteiger partial charge in [0.05, 0.1) is 10.9 Å². The fourth-order valence-corrected chi connectivity index (χ4v) is 3.78. The minimum absolute atomic E-state index is 0.105. The van der Waals surface area contributed by atoms with Crippen molar-refractivity contribution >= 4 is 16.9 Å². The van der Waals surface area contributed by atoms with Gasteiger partial charge in [-0.25, -0.2) is 0 Å². The molecule has 144 valence electrons. The molecule has 5 nitrogen and oxygen atoms in total. The fraction of sp³-hybridized carbons (Fsp3) is 0.304. The summed E-state index contributed by atoms with van der Waals surface area (Å²) in [7, 11) is 0. The van der Waals surface area contributed by atoms with Crippen LogP contribution in [0.5, 0.6) is 0 Å². The number of hydrogen-bond donors (Lipinski definition) is 1. The van der Waals surface area contributed by atoms with Gasteiger partial charge in [-0.05, 0) is 45.0 Å². The summed E-state index contributed by atoms with van der Waals surface area (Å²) in [5, 5.41) is 3.40. The van der Waals surface area contributed by atoms with E-state index in [9.17, 15) is 9.59 Å². The molecule has 0 spiro atoms. The second-order valence-electron chi connectivity index (χ2n) is 7.24. The van der Waals surface area contributed by atoms with Gasteiger partial charge in [0, 0.05) is 24.2 Å². The number of nitrogens with zero attached hydrogens (tertiary/aromatic N) is 1. The molecule has 28 heavy (non-hydrogen) atoms. The van der Waals surface area contributed by atoms with Crippen molar-refractivity contribution in [2.24, 2.45) is 0 Å². The van der Waals surface area contributed by atoms with Crippen LogP contribution < -0.4 is 10.7 Å². The second kappa shape index (κ2) is 7.98. The molecule has 2 aromatic carbocycles. The Morgan fingerprint density at radius 1 is 1.07 bits per heavy atom. The highest BCUT2D eigenvalue weighted by molar-refractivity contribution is 6.05. The molecule has 1 aliphatic heterocycles. The standard InChI is InChI=1S/C23H24N2O3/c1-16-20(26)18-10-7-11-19(23(27)24-12-15-25-13-5-6-14-25)22(18)28-21(16)17-8-3-2-4-9-17/h2-4,7-11H,5-6,12-15H2,1H3,(H,24,27). The number of para-hydroxylation sites is 1. The average Bonchev–Trinajstić information content (AvgIpc) is 3.24. The van der Waals surface area contributed by atoms with Crippen LogP contribution in [0.2, 0.25) is 0 Å². The van der Waals surface area contributed by atoms with E-state index in [-0.39, 0.29) is 11.3 Å². The maximum absolute atomic E-state index is 12.9. The van der Waals surface area contributed by atoms with Crippen LogP contribution in [0.4, 0.5) is 0 Å². The molecule has 2 heterocycles. The number of nitrogens with one attached hydrogen (secondary N) is 1. The lowest BCUT2D eigenvalue weighted by Gasteiger charge is -2.15. The number of rotatable bonds is 5. The Balaban J connectivity index is 1.67. The summed E-state index contributed by atoms with van der Waals surface area (Å²) < 4.78 is 6.12. The predicted octanol–water partition coefficient (Wildman–Crippen LogP) is 3.59. The minimum atomic E-state index is -0.212. The first kappa shape index (κ1) is 18.4. The largest absolute Gasteiger partial charge is 0.455 e. The van der Waals surface area contributed by atoms with E-state index in [0.717, 1.165) is 25.2 Å². The Hall–Kier alpha value is -2.92. The third kappa shape index (κ3) is 3.58. The Morgan fingerprint density at radius 2 is 1.82 bits per heavy atom. The van der Waals surface area contributed by atoms with Crippen LogP contribution >= 0.6 is 0 Å². The van der Waals surface area contributed by atoms with Gasteiger partial charge >= 0.3 is 0 Å². The quantitative estimate of drug-likeness (QED) is 0.739. The third-order valence-electron chi connectivity index (χ3n) is 5.34. The van der Waals surface area contributed by atoms with Gasteiger partial charge in [0.15, 0.2) is 11.0 Å². The average molecular weight is 376 g/mol. The molecule has 0 unspecified atom stereocenters. The Bertz CT molecular complexity index is 1050. The Morgan fingerprint density at radius 3 is 2.57 bits per heavy atom. The predicted molar refractivity (Wildman–Crippen MR) is 111 cm³/mol. The maximum atomic E-state index is 12.9. The second-order valence-corrected chi connectivity index (χ2v) is 7.24. The van der Waals surface area contributed by atoms with Gasteiger partial charge in [-0.15, -0.1) is 0 Å². The maximum Gasteiger partial charge on any atom is 0.255 e. The first-order chi connectivity index (χ1) is 13.6. The number of benzene rings is 2. The first-order valence-electron chi connectivity index (χ1n) is 9.77. The van der Waals surface area contributed by atoms with E-state index >= 15 is 0 Å². The van der Waals surface area contributed by atoms with Gasteiger partial charge in [0.2, 0.25) is 0 Å². The topological polar surface area (TPSA) is 62.6 Å². The highest BCUT2D eigenvalue weighted by Crippen LogP contribution is 2.27. The van der Waals surface area contributed by atoms with Gasteiger partial charge < -0.3 is 14.6 Å². The summed E-state index contributed by atoms with van der Waals surface area (Å²) in [5.41, 5.74) is 2.00. The summed E-state index contributed by atoms with van der Waals surface area (Å²) in [5.74, 6) is 0.297. The molecular weight excluding hydrogens is 352 g/mol. The molecule has 0 bridgehead atoms. The van der Waals surface area contributed by atoms with Crippen LogP contribution in [0, 0.1) is 6.92 Å². The van der Waals surface area contributed by atoms with Crippen LogP contribution in [-0.2, 0) is 0 Å². The van der Waals surface area contributed by atoms with Crippen molar-refractivity contribution in [2.45, 2.75) is 19.8 Å². The molecule has 1 amide bonds. The zero-order chi connectivity index (χ0) is 19.5. The lowest BCUT2D eigenvalue weighted by molar-refractivity contribution is 0.0950. The van der Waals surface area contributed by atoms with Crippen LogP contribution in [0.15, 0.2) is 57.7 Å². The Labute approximate surface area is 164 Å². The monoisotopic (exact) mass is 376 g/mol. The summed E-state index contributed by atoms with van der Waals surface area (Å²) in [6.45, 7) is 5.37. The van der Waals surface area contributed by atoms with Crippen molar-refractivity contribution < 1.29 is 9.21 Å². The lowest BCUT2D eigenvalue weighted by atomic mass is 10.0. The van der Waals surface area contributed by atoms with Crippen molar-refractivity contribution in [3.63, 3.8) is 0 Å². The fourth-order valence-electron chi connectivity index (χ4n) is 3.78. The molecule has 4 rings (SSSR count). The van der Waals surface area contributed by atoms with E-state index in [2.05, 4.69) is 10.2 Å². The molecule has 1 saturated heterocycles. The smallest absolute Gasteiger partial charge is 0.255 e. The van der Waals surface area contributed by atoms with Gasteiger partial charge in [0.25, 0.3) is 5.91 Å². The van der Waals surface area contributed by atoms with Crippen molar-refractivity contribution in [2.75, 3.05) is 26.2 Å². The van der Waals surface area contributed by atoms with E-state index in [0.29, 0.717) is 34.4 Å². The zero-order valence-electron chi connectivity index (χ0n) is 16.0. The molecule has 5 heteroatoms. The van der Waals surface area contributed by atoms with E-state index in [4.69, 9.17) is 4.42 Å². The van der Waals surface area contributed by atoms with Crippen LogP contribution in [-0.4, -0.2) is 37.0 Å². The van der Waals surface area contributed by atoms with Crippen molar-refractivity contribution in [1.82, 2.24) is 10.2 Å². The molecule has 1 aromatic heterocycles. The van der Waals surface area contributed by atoms with Gasteiger partial charge in [-0.1, -0.05) is 36.4 Å². The molecule has 1 fully saturated rings. The van der Waals surface area contributed by atoms with Crippen molar-refractivity contribution in [3.05, 3.63) is 69.9 Å². The van der Waals surface area contributed by atoms with E-state index in [1.165, 1.54) is 12.8 Å². The summed E-state index contributed by atoms with van der Waals surface area (Å²) in [6, 6.07) is 14.7. The number of fused-ring (bicyclic) bond motifs is 1. The summed E-state index contributed by atoms with van der Waals surface area (Å²) >= 11 is 0. The normalized spacial score (nSPS) is 14.5. The SMILES string of the molecule is Cc1c(-c2ccccc2)oc2c(C(=O)NCCN3CCCC3)cccc2c1=O. The van der Waals surface area contributed by atoms with Gasteiger partial charge in [-0.3, -0.25) is 9.59 Å². The van der Waals surface area contributed by atoms with E-state index in [1.54, 1.807) is 25.1 Å². The number of carbonyl (C=O) groups is 1. The Kier molecular flexibility index (Phi) is 5.26. The molecular formula is C23H24N2O3. The molecule has 0 radical (unpaired) electrons. The molecule has 3 aromatic rings. The zero-order valence-corrected chi connectivity index (χ0v) is 16.0. The summed E-state index contributed by atoms with van der Waals surface area (Å²) in [4.78, 5) is 28.0. The van der Waals surface area contributed by atoms with Crippen LogP contribution in [0.1, 0.15) is 28.8 Å². The lowest BCUT2D eigenvalue weighted by Crippen LogP contribution is -2.33. The highest BCUT2D eigenvalue weighted by atomic mass is 16.3. The number of carbonyl (C=O) groups excluding carboxylic acids is 1. The van der Waals surface area contributed by atoms with Crippen LogP contribution in [0.3, 0.4) is 0 Å². The van der Waals surface area contributed by atoms with Crippen molar-refractivity contribution in [1.29, 1.82) is 0 Å². The molecule has 0 saturated carbocycles. The van der Waals surface area contributed by atoms with Crippen molar-refractivity contribution in [3.8, 4) is 11.3 Å². The van der Waals surface area contributed by atoms with E-state index < -0.39 is 0 Å². The number of likely N-dealkylation sites (tertiary alicyclic amines) is 1.